The number of aryl methyl sites for hydroxylation is 1. The van der Waals surface area contributed by atoms with E-state index in [1.807, 2.05) is 6.92 Å². The molecule has 1 fully saturated rings. The minimum atomic E-state index is -4.06. The predicted molar refractivity (Wildman–Crippen MR) is 140 cm³/mol. The van der Waals surface area contributed by atoms with Gasteiger partial charge in [-0.1, -0.05) is 17.7 Å². The summed E-state index contributed by atoms with van der Waals surface area (Å²) < 4.78 is 52.5. The lowest BCUT2D eigenvalue weighted by molar-refractivity contribution is -0.129. The third-order valence-electron chi connectivity index (χ3n) is 6.37. The summed E-state index contributed by atoms with van der Waals surface area (Å²) >= 11 is 0. The zero-order valence-corrected chi connectivity index (χ0v) is 21.9. The molecule has 0 bridgehead atoms. The molecule has 1 amide bonds. The van der Waals surface area contributed by atoms with Crippen LogP contribution in [0.2, 0.25) is 0 Å². The van der Waals surface area contributed by atoms with E-state index in [1.165, 1.54) is 38.5 Å². The third kappa shape index (κ3) is 5.80. The summed E-state index contributed by atoms with van der Waals surface area (Å²) in [6, 6.07) is 17.5. The summed E-state index contributed by atoms with van der Waals surface area (Å²) in [6.45, 7) is 3.44. The van der Waals surface area contributed by atoms with Gasteiger partial charge in [0.25, 0.3) is 10.0 Å². The fourth-order valence-electron chi connectivity index (χ4n) is 4.22. The zero-order valence-electron chi connectivity index (χ0n) is 21.1. The van der Waals surface area contributed by atoms with Crippen molar-refractivity contribution in [2.45, 2.75) is 11.8 Å². The van der Waals surface area contributed by atoms with Crippen LogP contribution >= 0.6 is 0 Å². The number of ether oxygens (including phenoxy) is 2. The lowest BCUT2D eigenvalue weighted by Crippen LogP contribution is -2.52. The van der Waals surface area contributed by atoms with Crippen LogP contribution in [-0.2, 0) is 14.8 Å². The summed E-state index contributed by atoms with van der Waals surface area (Å²) in [5, 5.41) is 0. The Morgan fingerprint density at radius 1 is 0.892 bits per heavy atom. The van der Waals surface area contributed by atoms with Crippen LogP contribution < -0.4 is 18.7 Å². The Balaban J connectivity index is 1.58. The number of amides is 1. The number of hydrogen-bond acceptors (Lipinski definition) is 6. The number of hydrogen-bond donors (Lipinski definition) is 0. The molecule has 8 nitrogen and oxygen atoms in total. The van der Waals surface area contributed by atoms with E-state index in [0.29, 0.717) is 37.7 Å². The molecule has 0 saturated carbocycles. The molecule has 1 aliphatic rings. The van der Waals surface area contributed by atoms with Gasteiger partial charge in [0.2, 0.25) is 5.91 Å². The van der Waals surface area contributed by atoms with Crippen molar-refractivity contribution in [1.29, 1.82) is 0 Å². The number of nitrogens with zero attached hydrogens (tertiary/aromatic N) is 3. The van der Waals surface area contributed by atoms with Crippen LogP contribution in [0.15, 0.2) is 71.6 Å². The summed E-state index contributed by atoms with van der Waals surface area (Å²) in [5.41, 5.74) is 2.09. The lowest BCUT2D eigenvalue weighted by Gasteiger charge is -2.37. The second kappa shape index (κ2) is 11.1. The fourth-order valence-corrected chi connectivity index (χ4v) is 5.63. The highest BCUT2D eigenvalue weighted by Gasteiger charge is 2.31. The van der Waals surface area contributed by atoms with E-state index in [-0.39, 0.29) is 28.9 Å². The van der Waals surface area contributed by atoms with E-state index < -0.39 is 10.0 Å². The Bertz CT molecular complexity index is 1340. The molecule has 0 unspecified atom stereocenters. The summed E-state index contributed by atoms with van der Waals surface area (Å²) in [5.74, 6) is 0.179. The molecule has 0 atom stereocenters. The van der Waals surface area contributed by atoms with Gasteiger partial charge < -0.3 is 19.3 Å². The topological polar surface area (TPSA) is 79.4 Å². The van der Waals surface area contributed by atoms with Gasteiger partial charge >= 0.3 is 0 Å². The second-order valence-electron chi connectivity index (χ2n) is 8.71. The predicted octanol–water partition coefficient (Wildman–Crippen LogP) is 3.70. The van der Waals surface area contributed by atoms with Gasteiger partial charge in [-0.25, -0.2) is 12.8 Å². The maximum atomic E-state index is 13.7. The first kappa shape index (κ1) is 26.3. The molecular formula is C27H30FN3O5S. The van der Waals surface area contributed by atoms with Gasteiger partial charge in [0.1, 0.15) is 12.4 Å². The molecule has 37 heavy (non-hydrogen) atoms. The molecule has 0 aromatic heterocycles. The minimum absolute atomic E-state index is 0.0850. The molecule has 3 aromatic rings. The number of carbonyl (C=O) groups is 1. The number of anilines is 2. The van der Waals surface area contributed by atoms with Crippen LogP contribution in [0.5, 0.6) is 11.5 Å². The number of halogens is 1. The summed E-state index contributed by atoms with van der Waals surface area (Å²) in [6.07, 6.45) is 0. The molecule has 196 valence electrons. The van der Waals surface area contributed by atoms with E-state index in [2.05, 4.69) is 4.90 Å². The third-order valence-corrected chi connectivity index (χ3v) is 8.16. The Kier molecular flexibility index (Phi) is 7.87. The molecule has 0 spiro atoms. The van der Waals surface area contributed by atoms with Gasteiger partial charge in [0.05, 0.1) is 24.8 Å². The number of sulfonamides is 1. The SMILES string of the molecule is COc1ccc(N(CC(=O)N2CCN(c3ccc(F)cc3)CC2)S(=O)(=O)c2ccc(C)cc2)cc1OC. The van der Waals surface area contributed by atoms with E-state index in [4.69, 9.17) is 9.47 Å². The monoisotopic (exact) mass is 527 g/mol. The average Bonchev–Trinajstić information content (AvgIpc) is 2.92. The van der Waals surface area contributed by atoms with Gasteiger partial charge in [-0.3, -0.25) is 9.10 Å². The van der Waals surface area contributed by atoms with Crippen molar-refractivity contribution in [2.24, 2.45) is 0 Å². The van der Waals surface area contributed by atoms with Crippen LogP contribution in [0.1, 0.15) is 5.56 Å². The molecule has 0 aliphatic carbocycles. The fraction of sp³-hybridized carbons (Fsp3) is 0.296. The number of benzene rings is 3. The highest BCUT2D eigenvalue weighted by Crippen LogP contribution is 2.34. The first-order chi connectivity index (χ1) is 17.7. The van der Waals surface area contributed by atoms with Crippen molar-refractivity contribution in [3.05, 3.63) is 78.1 Å². The highest BCUT2D eigenvalue weighted by molar-refractivity contribution is 7.92. The number of piperazine rings is 1. The first-order valence-corrected chi connectivity index (χ1v) is 13.3. The zero-order chi connectivity index (χ0) is 26.6. The molecule has 1 heterocycles. The second-order valence-corrected chi connectivity index (χ2v) is 10.6. The van der Waals surface area contributed by atoms with E-state index in [9.17, 15) is 17.6 Å². The number of methoxy groups -OCH3 is 2. The Morgan fingerprint density at radius 3 is 2.11 bits per heavy atom. The van der Waals surface area contributed by atoms with Gasteiger partial charge in [0, 0.05) is 37.9 Å². The minimum Gasteiger partial charge on any atom is -0.493 e. The smallest absolute Gasteiger partial charge is 0.264 e. The molecule has 4 rings (SSSR count). The van der Waals surface area contributed by atoms with E-state index in [0.717, 1.165) is 15.6 Å². The van der Waals surface area contributed by atoms with Crippen LogP contribution in [0.4, 0.5) is 15.8 Å². The van der Waals surface area contributed by atoms with Crippen molar-refractivity contribution in [2.75, 3.05) is 56.1 Å². The van der Waals surface area contributed by atoms with Crippen molar-refractivity contribution < 1.29 is 27.1 Å². The van der Waals surface area contributed by atoms with Gasteiger partial charge in [-0.15, -0.1) is 0 Å². The molecule has 0 radical (unpaired) electrons. The van der Waals surface area contributed by atoms with Gasteiger partial charge in [-0.05, 0) is 55.5 Å². The first-order valence-electron chi connectivity index (χ1n) is 11.8. The van der Waals surface area contributed by atoms with Crippen molar-refractivity contribution >= 4 is 27.3 Å². The largest absolute Gasteiger partial charge is 0.493 e. The molecule has 3 aromatic carbocycles. The quantitative estimate of drug-likeness (QED) is 0.445. The van der Waals surface area contributed by atoms with Crippen molar-refractivity contribution in [1.82, 2.24) is 4.90 Å². The van der Waals surface area contributed by atoms with Crippen molar-refractivity contribution in [3.8, 4) is 11.5 Å². The van der Waals surface area contributed by atoms with Crippen LogP contribution in [0, 0.1) is 12.7 Å². The van der Waals surface area contributed by atoms with Crippen LogP contribution in [-0.4, -0.2) is 66.2 Å². The molecular weight excluding hydrogens is 497 g/mol. The standard InChI is InChI=1S/C27H30FN3O5S/c1-20-4-11-24(12-5-20)37(33,34)31(23-10-13-25(35-2)26(18-23)36-3)19-27(32)30-16-14-29(15-17-30)22-8-6-21(28)7-9-22/h4-13,18H,14-17,19H2,1-3H3. The molecule has 0 N–H and O–H groups in total. The Morgan fingerprint density at radius 2 is 1.51 bits per heavy atom. The van der Waals surface area contributed by atoms with Crippen molar-refractivity contribution in [3.63, 3.8) is 0 Å². The van der Waals surface area contributed by atoms with Crippen LogP contribution in [0.25, 0.3) is 0 Å². The summed E-state index contributed by atoms with van der Waals surface area (Å²) in [4.78, 5) is 17.2. The Hall–Kier alpha value is -3.79. The Labute approximate surface area is 216 Å². The van der Waals surface area contributed by atoms with E-state index >= 15 is 0 Å². The van der Waals surface area contributed by atoms with Gasteiger partial charge in [0.15, 0.2) is 11.5 Å². The molecule has 10 heteroatoms. The molecule has 1 saturated heterocycles. The number of carbonyl (C=O) groups excluding carboxylic acids is 1. The average molecular weight is 528 g/mol. The maximum absolute atomic E-state index is 13.7. The number of rotatable bonds is 8. The normalized spacial score (nSPS) is 13.8. The maximum Gasteiger partial charge on any atom is 0.264 e. The van der Waals surface area contributed by atoms with E-state index in [1.54, 1.807) is 47.4 Å². The van der Waals surface area contributed by atoms with Crippen LogP contribution in [0.3, 0.4) is 0 Å². The highest BCUT2D eigenvalue weighted by atomic mass is 32.2. The lowest BCUT2D eigenvalue weighted by atomic mass is 10.2. The summed E-state index contributed by atoms with van der Waals surface area (Å²) in [7, 11) is -1.11. The molecule has 1 aliphatic heterocycles. The van der Waals surface area contributed by atoms with Gasteiger partial charge in [-0.2, -0.15) is 0 Å².